The zero-order valence-corrected chi connectivity index (χ0v) is 11.5. The predicted octanol–water partition coefficient (Wildman–Crippen LogP) is 1.52. The Balaban J connectivity index is 2.27. The zero-order chi connectivity index (χ0) is 13.7. The lowest BCUT2D eigenvalue weighted by atomic mass is 10.0. The van der Waals surface area contributed by atoms with E-state index in [2.05, 4.69) is 11.5 Å². The van der Waals surface area contributed by atoms with Gasteiger partial charge in [-0.25, -0.2) is 5.43 Å². The van der Waals surface area contributed by atoms with Crippen molar-refractivity contribution in [3.05, 3.63) is 29.3 Å². The summed E-state index contributed by atoms with van der Waals surface area (Å²) < 4.78 is 17.0. The third kappa shape index (κ3) is 3.06. The smallest absolute Gasteiger partial charge is 0.178 e. The van der Waals surface area contributed by atoms with Crippen molar-refractivity contribution in [3.8, 4) is 5.75 Å². The van der Waals surface area contributed by atoms with Crippen molar-refractivity contribution in [1.29, 1.82) is 0 Å². The summed E-state index contributed by atoms with van der Waals surface area (Å²) in [5, 5.41) is 0. The molecule has 0 amide bonds. The highest BCUT2D eigenvalue weighted by Gasteiger charge is 2.28. The summed E-state index contributed by atoms with van der Waals surface area (Å²) >= 11 is 0. The maximum atomic E-state index is 5.71. The van der Waals surface area contributed by atoms with Gasteiger partial charge < -0.3 is 14.2 Å². The molecule has 0 saturated heterocycles. The van der Waals surface area contributed by atoms with Crippen LogP contribution >= 0.6 is 0 Å². The predicted molar refractivity (Wildman–Crippen MR) is 72.7 cm³/mol. The second kappa shape index (κ2) is 6.86. The van der Waals surface area contributed by atoms with Crippen molar-refractivity contribution in [3.63, 3.8) is 0 Å². The molecule has 0 bridgehead atoms. The van der Waals surface area contributed by atoms with E-state index >= 15 is 0 Å². The van der Waals surface area contributed by atoms with E-state index in [1.807, 2.05) is 26.0 Å². The Bertz CT molecular complexity index is 406. The van der Waals surface area contributed by atoms with Crippen LogP contribution in [0.25, 0.3) is 0 Å². The van der Waals surface area contributed by atoms with Crippen molar-refractivity contribution in [2.45, 2.75) is 32.6 Å². The second-order valence-corrected chi connectivity index (χ2v) is 4.36. The maximum Gasteiger partial charge on any atom is 0.178 e. The molecule has 0 spiro atoms. The Morgan fingerprint density at radius 2 is 2.05 bits per heavy atom. The standard InChI is InChI=1S/C14H22N2O3/c1-3-17-14(18-4-2)12(16-15)11-7-5-6-10-8-9-19-13(10)11/h5-7,12,14,16H,3-4,8-9,15H2,1-2H3. The molecular formula is C14H22N2O3. The average Bonchev–Trinajstić information content (AvgIpc) is 2.89. The third-order valence-electron chi connectivity index (χ3n) is 3.19. The molecule has 1 heterocycles. The fourth-order valence-electron chi connectivity index (χ4n) is 2.37. The number of rotatable bonds is 7. The topological polar surface area (TPSA) is 65.7 Å². The van der Waals surface area contributed by atoms with E-state index in [-0.39, 0.29) is 6.04 Å². The largest absolute Gasteiger partial charge is 0.493 e. The van der Waals surface area contributed by atoms with Crippen LogP contribution in [-0.4, -0.2) is 26.1 Å². The summed E-state index contributed by atoms with van der Waals surface area (Å²) in [6, 6.07) is 5.85. The maximum absolute atomic E-state index is 5.71. The molecule has 1 atom stereocenters. The number of hydrazine groups is 1. The summed E-state index contributed by atoms with van der Waals surface area (Å²) in [6.45, 7) is 5.73. The summed E-state index contributed by atoms with van der Waals surface area (Å²) in [7, 11) is 0. The van der Waals surface area contributed by atoms with E-state index in [0.29, 0.717) is 13.2 Å². The van der Waals surface area contributed by atoms with E-state index in [4.69, 9.17) is 20.1 Å². The fourth-order valence-corrected chi connectivity index (χ4v) is 2.37. The number of para-hydroxylation sites is 1. The highest BCUT2D eigenvalue weighted by Crippen LogP contribution is 2.35. The molecule has 1 aromatic rings. The molecule has 0 fully saturated rings. The zero-order valence-electron chi connectivity index (χ0n) is 11.5. The molecule has 1 aliphatic rings. The molecule has 0 radical (unpaired) electrons. The van der Waals surface area contributed by atoms with Crippen LogP contribution in [0.5, 0.6) is 5.75 Å². The van der Waals surface area contributed by atoms with Crippen molar-refractivity contribution >= 4 is 0 Å². The second-order valence-electron chi connectivity index (χ2n) is 4.36. The minimum absolute atomic E-state index is 0.243. The highest BCUT2D eigenvalue weighted by molar-refractivity contribution is 5.45. The molecule has 1 aromatic carbocycles. The van der Waals surface area contributed by atoms with E-state index in [1.54, 1.807) is 0 Å². The van der Waals surface area contributed by atoms with Crippen LogP contribution in [0.1, 0.15) is 31.0 Å². The Morgan fingerprint density at radius 3 is 2.68 bits per heavy atom. The molecular weight excluding hydrogens is 244 g/mol. The summed E-state index contributed by atoms with van der Waals surface area (Å²) in [4.78, 5) is 0. The first-order chi connectivity index (χ1) is 9.31. The van der Waals surface area contributed by atoms with E-state index < -0.39 is 6.29 Å². The number of fused-ring (bicyclic) bond motifs is 1. The normalized spacial score (nSPS) is 15.4. The lowest BCUT2D eigenvalue weighted by Crippen LogP contribution is -2.39. The van der Waals surface area contributed by atoms with Crippen LogP contribution in [0.3, 0.4) is 0 Å². The summed E-state index contributed by atoms with van der Waals surface area (Å²) in [5.74, 6) is 6.61. The molecule has 2 rings (SSSR count). The Hall–Kier alpha value is -1.14. The van der Waals surface area contributed by atoms with Gasteiger partial charge in [0.1, 0.15) is 11.8 Å². The number of nitrogens with two attached hydrogens (primary N) is 1. The minimum Gasteiger partial charge on any atom is -0.493 e. The van der Waals surface area contributed by atoms with Crippen LogP contribution in [-0.2, 0) is 15.9 Å². The monoisotopic (exact) mass is 266 g/mol. The SMILES string of the molecule is CCOC(OCC)C(NN)c1cccc2c1OCC2. The van der Waals surface area contributed by atoms with Crippen molar-refractivity contribution in [2.24, 2.45) is 5.84 Å². The van der Waals surface area contributed by atoms with Gasteiger partial charge in [-0.3, -0.25) is 5.84 Å². The van der Waals surface area contributed by atoms with Gasteiger partial charge >= 0.3 is 0 Å². The molecule has 106 valence electrons. The van der Waals surface area contributed by atoms with Gasteiger partial charge in [0.25, 0.3) is 0 Å². The van der Waals surface area contributed by atoms with Gasteiger partial charge in [-0.1, -0.05) is 18.2 Å². The van der Waals surface area contributed by atoms with E-state index in [0.717, 1.165) is 24.3 Å². The molecule has 3 N–H and O–H groups in total. The molecule has 5 heteroatoms. The molecule has 1 unspecified atom stereocenters. The number of benzene rings is 1. The molecule has 0 saturated carbocycles. The lowest BCUT2D eigenvalue weighted by Gasteiger charge is -2.27. The Kier molecular flexibility index (Phi) is 5.15. The highest BCUT2D eigenvalue weighted by atomic mass is 16.7. The fraction of sp³-hybridized carbons (Fsp3) is 0.571. The summed E-state index contributed by atoms with van der Waals surface area (Å²) in [5.41, 5.74) is 4.99. The number of hydrogen-bond acceptors (Lipinski definition) is 5. The van der Waals surface area contributed by atoms with Gasteiger partial charge in [0.2, 0.25) is 0 Å². The first-order valence-corrected chi connectivity index (χ1v) is 6.75. The number of nitrogens with one attached hydrogen (secondary N) is 1. The Labute approximate surface area is 114 Å². The molecule has 0 aliphatic carbocycles. The van der Waals surface area contributed by atoms with E-state index in [9.17, 15) is 0 Å². The van der Waals surface area contributed by atoms with Gasteiger partial charge in [0, 0.05) is 25.2 Å². The van der Waals surface area contributed by atoms with Crippen LogP contribution in [0.2, 0.25) is 0 Å². The third-order valence-corrected chi connectivity index (χ3v) is 3.19. The van der Waals surface area contributed by atoms with Crippen LogP contribution in [0, 0.1) is 0 Å². The lowest BCUT2D eigenvalue weighted by molar-refractivity contribution is -0.155. The van der Waals surface area contributed by atoms with Crippen LogP contribution < -0.4 is 16.0 Å². The number of hydrogen-bond donors (Lipinski definition) is 2. The first kappa shape index (κ1) is 14.3. The van der Waals surface area contributed by atoms with Gasteiger partial charge in [-0.05, 0) is 19.4 Å². The van der Waals surface area contributed by atoms with Crippen LogP contribution in [0.15, 0.2) is 18.2 Å². The molecule has 5 nitrogen and oxygen atoms in total. The van der Waals surface area contributed by atoms with Gasteiger partial charge in [-0.15, -0.1) is 0 Å². The van der Waals surface area contributed by atoms with Crippen molar-refractivity contribution in [1.82, 2.24) is 5.43 Å². The van der Waals surface area contributed by atoms with Gasteiger partial charge in [0.05, 0.1) is 6.61 Å². The summed E-state index contributed by atoms with van der Waals surface area (Å²) in [6.07, 6.45) is 0.518. The minimum atomic E-state index is -0.421. The number of ether oxygens (including phenoxy) is 3. The van der Waals surface area contributed by atoms with Crippen molar-refractivity contribution in [2.75, 3.05) is 19.8 Å². The van der Waals surface area contributed by atoms with Crippen LogP contribution in [0.4, 0.5) is 0 Å². The first-order valence-electron chi connectivity index (χ1n) is 6.75. The molecule has 1 aliphatic heterocycles. The quantitative estimate of drug-likeness (QED) is 0.445. The van der Waals surface area contributed by atoms with Crippen molar-refractivity contribution < 1.29 is 14.2 Å². The van der Waals surface area contributed by atoms with Gasteiger partial charge in [-0.2, -0.15) is 0 Å². The Morgan fingerprint density at radius 1 is 1.32 bits per heavy atom. The molecule has 0 aromatic heterocycles. The van der Waals surface area contributed by atoms with E-state index in [1.165, 1.54) is 5.56 Å². The van der Waals surface area contributed by atoms with Gasteiger partial charge in [0.15, 0.2) is 6.29 Å². The average molecular weight is 266 g/mol. The molecule has 19 heavy (non-hydrogen) atoms.